The van der Waals surface area contributed by atoms with Gasteiger partial charge in [0, 0.05) is 23.5 Å². The standard InChI is InChI=1S/C33H45N5O2/c1-23-19-24(2)21-27(20-23)29-28(10-16-34-13-6-5-7-25-8-14-35-15-9-25)32(37-36-29)40-22-33(3,4)31(39)30-26-11-17-38(30)18-12-26/h8-9,14-15,19-21,26,30,34H,5-7,10-13,16-18,22H2,1-4H3,(H,36,37). The summed E-state index contributed by atoms with van der Waals surface area (Å²) in [4.78, 5) is 20.0. The molecule has 0 amide bonds. The smallest absolute Gasteiger partial charge is 0.236 e. The van der Waals surface area contributed by atoms with Gasteiger partial charge in [0.15, 0.2) is 5.78 Å². The lowest BCUT2D eigenvalue weighted by Crippen LogP contribution is -2.44. The molecule has 0 aliphatic carbocycles. The molecule has 2 aromatic heterocycles. The summed E-state index contributed by atoms with van der Waals surface area (Å²) in [7, 11) is 0. The van der Waals surface area contributed by atoms with Crippen molar-refractivity contribution < 1.29 is 9.53 Å². The number of nitrogens with one attached hydrogen (secondary N) is 2. The number of nitrogens with zero attached hydrogens (tertiary/aromatic N) is 3. The Morgan fingerprint density at radius 1 is 1.05 bits per heavy atom. The van der Waals surface area contributed by atoms with Crippen LogP contribution in [0.5, 0.6) is 5.88 Å². The van der Waals surface area contributed by atoms with Crippen LogP contribution in [0.1, 0.15) is 61.8 Å². The molecule has 2 saturated heterocycles. The normalized spacial score (nSPS) is 20.2. The summed E-state index contributed by atoms with van der Waals surface area (Å²) >= 11 is 0. The monoisotopic (exact) mass is 543 g/mol. The van der Waals surface area contributed by atoms with Crippen molar-refractivity contribution >= 4 is 5.78 Å². The number of benzene rings is 1. The zero-order valence-electron chi connectivity index (χ0n) is 24.6. The minimum Gasteiger partial charge on any atom is -0.475 e. The molecule has 1 unspecified atom stereocenters. The first-order valence-corrected chi connectivity index (χ1v) is 15.0. The number of carbonyl (C=O) groups is 1. The first kappa shape index (κ1) is 28.5. The molecule has 2 N–H and O–H groups in total. The molecule has 2 aliphatic heterocycles. The van der Waals surface area contributed by atoms with E-state index >= 15 is 0 Å². The number of ether oxygens (including phenoxy) is 1. The van der Waals surface area contributed by atoms with Crippen LogP contribution in [-0.4, -0.2) is 64.7 Å². The fourth-order valence-corrected chi connectivity index (χ4v) is 6.44. The van der Waals surface area contributed by atoms with Gasteiger partial charge < -0.3 is 10.1 Å². The predicted octanol–water partition coefficient (Wildman–Crippen LogP) is 5.31. The molecular weight excluding hydrogens is 498 g/mol. The van der Waals surface area contributed by atoms with Gasteiger partial charge in [0.05, 0.1) is 17.2 Å². The van der Waals surface area contributed by atoms with Crippen molar-refractivity contribution in [3.8, 4) is 17.1 Å². The number of piperidine rings is 1. The minimum atomic E-state index is -0.570. The van der Waals surface area contributed by atoms with Gasteiger partial charge in [0.2, 0.25) is 5.88 Å². The van der Waals surface area contributed by atoms with E-state index in [9.17, 15) is 4.79 Å². The molecule has 0 saturated carbocycles. The highest BCUT2D eigenvalue weighted by Crippen LogP contribution is 2.39. The third-order valence-electron chi connectivity index (χ3n) is 8.63. The number of ketones is 1. The molecular formula is C33H45N5O2. The first-order valence-electron chi connectivity index (χ1n) is 15.0. The summed E-state index contributed by atoms with van der Waals surface area (Å²) in [6, 6.07) is 10.8. The van der Waals surface area contributed by atoms with Crippen molar-refractivity contribution in [2.45, 2.75) is 72.3 Å². The van der Waals surface area contributed by atoms with Gasteiger partial charge in [-0.05, 0) is 128 Å². The van der Waals surface area contributed by atoms with Crippen LogP contribution in [0.3, 0.4) is 0 Å². The van der Waals surface area contributed by atoms with Crippen molar-refractivity contribution in [1.82, 2.24) is 25.4 Å². The maximum absolute atomic E-state index is 13.6. The number of aryl methyl sites for hydroxylation is 3. The molecule has 0 radical (unpaired) electrons. The lowest BCUT2D eigenvalue weighted by Gasteiger charge is -2.29. The van der Waals surface area contributed by atoms with Crippen LogP contribution >= 0.6 is 0 Å². The van der Waals surface area contributed by atoms with Gasteiger partial charge in [-0.15, -0.1) is 5.10 Å². The number of Topliss-reactive ketones (excluding diaryl/α,β-unsaturated/α-hetero) is 1. The van der Waals surface area contributed by atoms with E-state index in [2.05, 4.69) is 69.6 Å². The number of H-pyrrole nitrogens is 1. The van der Waals surface area contributed by atoms with E-state index < -0.39 is 5.41 Å². The second-order valence-corrected chi connectivity index (χ2v) is 12.4. The van der Waals surface area contributed by atoms with Gasteiger partial charge in [-0.2, -0.15) is 0 Å². The number of hydrogen-bond donors (Lipinski definition) is 2. The summed E-state index contributed by atoms with van der Waals surface area (Å²) in [5.74, 6) is 1.44. The summed E-state index contributed by atoms with van der Waals surface area (Å²) in [5.41, 5.74) is 6.41. The Bertz CT molecular complexity index is 1240. The van der Waals surface area contributed by atoms with Crippen LogP contribution < -0.4 is 10.1 Å². The second kappa shape index (κ2) is 12.6. The maximum Gasteiger partial charge on any atom is 0.236 e. The SMILES string of the molecule is Cc1cc(C)cc(-c2[nH]nc(OCC(C)(C)C(=O)C3C4CCN3CC4)c2CCNCCCCc2ccncc2)c1. The molecule has 4 heterocycles. The molecule has 214 valence electrons. The Kier molecular flexibility index (Phi) is 9.01. The van der Waals surface area contributed by atoms with Gasteiger partial charge >= 0.3 is 0 Å². The molecule has 7 nitrogen and oxygen atoms in total. The molecule has 1 atom stereocenters. The lowest BCUT2D eigenvalue weighted by molar-refractivity contribution is -0.133. The number of aromatic amines is 1. The average molecular weight is 544 g/mol. The maximum atomic E-state index is 13.6. The highest BCUT2D eigenvalue weighted by Gasteiger charge is 2.48. The lowest BCUT2D eigenvalue weighted by atomic mass is 9.81. The second-order valence-electron chi connectivity index (χ2n) is 12.4. The third-order valence-corrected chi connectivity index (χ3v) is 8.63. The quantitative estimate of drug-likeness (QED) is 0.268. The van der Waals surface area contributed by atoms with Crippen molar-refractivity contribution in [2.75, 3.05) is 32.8 Å². The van der Waals surface area contributed by atoms with Gasteiger partial charge in [0.1, 0.15) is 6.61 Å². The Hall–Kier alpha value is -3.03. The van der Waals surface area contributed by atoms with Crippen LogP contribution in [-0.2, 0) is 17.6 Å². The predicted molar refractivity (Wildman–Crippen MR) is 160 cm³/mol. The molecule has 1 aromatic carbocycles. The summed E-state index contributed by atoms with van der Waals surface area (Å²) < 4.78 is 6.37. The number of fused-ring (bicyclic) bond motifs is 2. The number of pyridine rings is 1. The number of rotatable bonds is 14. The highest BCUT2D eigenvalue weighted by atomic mass is 16.5. The molecule has 2 fully saturated rings. The van der Waals surface area contributed by atoms with Crippen LogP contribution in [0.25, 0.3) is 11.3 Å². The molecule has 3 aromatic rings. The van der Waals surface area contributed by atoms with Crippen molar-refractivity contribution in [3.63, 3.8) is 0 Å². The Labute approximate surface area is 239 Å². The third kappa shape index (κ3) is 6.64. The fourth-order valence-electron chi connectivity index (χ4n) is 6.44. The highest BCUT2D eigenvalue weighted by molar-refractivity contribution is 5.90. The molecule has 40 heavy (non-hydrogen) atoms. The van der Waals surface area contributed by atoms with Crippen LogP contribution in [0.4, 0.5) is 0 Å². The Morgan fingerprint density at radius 3 is 2.45 bits per heavy atom. The van der Waals surface area contributed by atoms with E-state index in [4.69, 9.17) is 4.74 Å². The fraction of sp³-hybridized carbons (Fsp3) is 0.545. The molecule has 2 aliphatic rings. The van der Waals surface area contributed by atoms with Crippen LogP contribution in [0, 0.1) is 25.2 Å². The zero-order chi connectivity index (χ0) is 28.1. The molecule has 0 spiro atoms. The number of unbranched alkanes of at least 4 members (excludes halogenated alkanes) is 1. The largest absolute Gasteiger partial charge is 0.475 e. The summed E-state index contributed by atoms with van der Waals surface area (Å²) in [6.07, 6.45) is 10.2. The zero-order valence-corrected chi connectivity index (χ0v) is 24.6. The van der Waals surface area contributed by atoms with E-state index in [1.807, 2.05) is 26.2 Å². The van der Waals surface area contributed by atoms with Crippen molar-refractivity contribution in [3.05, 3.63) is 65.0 Å². The van der Waals surface area contributed by atoms with E-state index in [0.29, 0.717) is 24.2 Å². The van der Waals surface area contributed by atoms with Gasteiger partial charge in [-0.1, -0.05) is 17.2 Å². The van der Waals surface area contributed by atoms with Crippen LogP contribution in [0.2, 0.25) is 0 Å². The Morgan fingerprint density at radius 2 is 1.77 bits per heavy atom. The van der Waals surface area contributed by atoms with E-state index in [1.165, 1.54) is 16.7 Å². The van der Waals surface area contributed by atoms with Gasteiger partial charge in [0.25, 0.3) is 0 Å². The van der Waals surface area contributed by atoms with Crippen LogP contribution in [0.15, 0.2) is 42.7 Å². The van der Waals surface area contributed by atoms with E-state index in [-0.39, 0.29) is 6.04 Å². The van der Waals surface area contributed by atoms with Gasteiger partial charge in [-0.25, -0.2) is 0 Å². The average Bonchev–Trinajstić information content (AvgIpc) is 3.65. The van der Waals surface area contributed by atoms with Gasteiger partial charge in [-0.3, -0.25) is 19.8 Å². The first-order chi connectivity index (χ1) is 19.3. The van der Waals surface area contributed by atoms with Crippen molar-refractivity contribution in [2.24, 2.45) is 11.3 Å². The van der Waals surface area contributed by atoms with Crippen molar-refractivity contribution in [1.29, 1.82) is 0 Å². The summed E-state index contributed by atoms with van der Waals surface area (Å²) in [5, 5.41) is 11.5. The van der Waals surface area contributed by atoms with E-state index in [1.54, 1.807) is 0 Å². The van der Waals surface area contributed by atoms with E-state index in [0.717, 1.165) is 81.5 Å². The number of carbonyl (C=O) groups excluding carboxylic acids is 1. The minimum absolute atomic E-state index is 0.0610. The number of hydrogen-bond acceptors (Lipinski definition) is 6. The number of aromatic nitrogens is 3. The molecule has 7 heteroatoms. The topological polar surface area (TPSA) is 83.1 Å². The summed E-state index contributed by atoms with van der Waals surface area (Å²) in [6.45, 7) is 12.5. The Balaban J connectivity index is 1.22. The molecule has 2 bridgehead atoms. The molecule has 5 rings (SSSR count).